The minimum absolute atomic E-state index is 0.449. The number of nitrogens with zero attached hydrogens (tertiary/aromatic N) is 3. The summed E-state index contributed by atoms with van der Waals surface area (Å²) in [6, 6.07) is 0.449. The Bertz CT molecular complexity index is 482. The largest absolute Gasteiger partial charge is 0.332 e. The minimum atomic E-state index is 0.449. The molecule has 3 rings (SSSR count). The molecule has 0 bridgehead atoms. The van der Waals surface area contributed by atoms with E-state index < -0.39 is 0 Å². The Morgan fingerprint density at radius 1 is 1.56 bits per heavy atom. The molecular weight excluding hydrogens is 220 g/mol. The van der Waals surface area contributed by atoms with Crippen molar-refractivity contribution in [1.29, 1.82) is 0 Å². The van der Waals surface area contributed by atoms with Crippen molar-refractivity contribution >= 4 is 11.3 Å². The van der Waals surface area contributed by atoms with Crippen molar-refractivity contribution in [2.75, 3.05) is 6.54 Å². The summed E-state index contributed by atoms with van der Waals surface area (Å²) < 4.78 is 2.00. The normalized spacial score (nSPS) is 20.4. The maximum atomic E-state index is 4.67. The summed E-state index contributed by atoms with van der Waals surface area (Å²) >= 11 is 1.67. The average molecular weight is 234 g/mol. The van der Waals surface area contributed by atoms with Gasteiger partial charge in [0.25, 0.3) is 0 Å². The second-order valence-electron chi connectivity index (χ2n) is 4.09. The van der Waals surface area contributed by atoms with Gasteiger partial charge < -0.3 is 9.88 Å². The lowest BCUT2D eigenvalue weighted by Crippen LogP contribution is -2.13. The van der Waals surface area contributed by atoms with Gasteiger partial charge in [0, 0.05) is 24.8 Å². The number of nitrogens with one attached hydrogen (secondary N) is 1. The Hall–Kier alpha value is -1.20. The number of hydrogen-bond acceptors (Lipinski definition) is 4. The molecule has 2 aromatic rings. The Morgan fingerprint density at radius 3 is 3.19 bits per heavy atom. The fourth-order valence-corrected chi connectivity index (χ4v) is 2.97. The molecule has 3 heterocycles. The first-order valence-corrected chi connectivity index (χ1v) is 6.39. The van der Waals surface area contributed by atoms with Crippen LogP contribution in [0.15, 0.2) is 17.8 Å². The third-order valence-electron chi connectivity index (χ3n) is 2.95. The zero-order chi connectivity index (χ0) is 11.0. The van der Waals surface area contributed by atoms with Crippen LogP contribution in [0.5, 0.6) is 0 Å². The molecule has 0 saturated carbocycles. The predicted molar refractivity (Wildman–Crippen MR) is 64.3 cm³/mol. The van der Waals surface area contributed by atoms with Crippen molar-refractivity contribution in [2.45, 2.75) is 18.9 Å². The molecule has 0 spiro atoms. The van der Waals surface area contributed by atoms with Crippen molar-refractivity contribution in [3.05, 3.63) is 23.5 Å². The average Bonchev–Trinajstić information content (AvgIpc) is 2.96. The minimum Gasteiger partial charge on any atom is -0.332 e. The van der Waals surface area contributed by atoms with Gasteiger partial charge in [0.05, 0.1) is 11.7 Å². The van der Waals surface area contributed by atoms with Gasteiger partial charge >= 0.3 is 0 Å². The van der Waals surface area contributed by atoms with Crippen LogP contribution in [0.3, 0.4) is 0 Å². The van der Waals surface area contributed by atoms with Crippen molar-refractivity contribution < 1.29 is 0 Å². The SMILES string of the molecule is Cn1ccnc1-c1nc(C2CCCN2)cs1. The molecule has 1 saturated heterocycles. The second kappa shape index (κ2) is 3.99. The summed E-state index contributed by atoms with van der Waals surface area (Å²) in [6.07, 6.45) is 6.21. The van der Waals surface area contributed by atoms with E-state index in [2.05, 4.69) is 20.7 Å². The van der Waals surface area contributed by atoms with E-state index in [1.807, 2.05) is 24.0 Å². The van der Waals surface area contributed by atoms with E-state index in [1.165, 1.54) is 18.5 Å². The van der Waals surface area contributed by atoms with E-state index >= 15 is 0 Å². The molecule has 1 N–H and O–H groups in total. The van der Waals surface area contributed by atoms with Crippen molar-refractivity contribution in [1.82, 2.24) is 19.9 Å². The van der Waals surface area contributed by atoms with Gasteiger partial charge in [0.2, 0.25) is 0 Å². The molecule has 1 atom stereocenters. The van der Waals surface area contributed by atoms with Crippen LogP contribution in [0, 0.1) is 0 Å². The smallest absolute Gasteiger partial charge is 0.168 e. The molecule has 1 aliphatic rings. The van der Waals surface area contributed by atoms with Crippen LogP contribution >= 0.6 is 11.3 Å². The maximum Gasteiger partial charge on any atom is 0.168 e. The van der Waals surface area contributed by atoms with Crippen LogP contribution in [-0.2, 0) is 7.05 Å². The molecule has 16 heavy (non-hydrogen) atoms. The summed E-state index contributed by atoms with van der Waals surface area (Å²) in [5.74, 6) is 0.953. The van der Waals surface area contributed by atoms with Gasteiger partial charge in [-0.25, -0.2) is 9.97 Å². The Morgan fingerprint density at radius 2 is 2.50 bits per heavy atom. The van der Waals surface area contributed by atoms with Gasteiger partial charge in [-0.3, -0.25) is 0 Å². The van der Waals surface area contributed by atoms with Gasteiger partial charge in [-0.1, -0.05) is 0 Å². The molecular formula is C11H14N4S. The third-order valence-corrected chi connectivity index (χ3v) is 3.81. The summed E-state index contributed by atoms with van der Waals surface area (Å²) in [4.78, 5) is 8.98. The van der Waals surface area contributed by atoms with Gasteiger partial charge in [-0.05, 0) is 19.4 Å². The molecule has 1 aliphatic heterocycles. The molecule has 84 valence electrons. The van der Waals surface area contributed by atoms with Gasteiger partial charge in [-0.15, -0.1) is 11.3 Å². The van der Waals surface area contributed by atoms with E-state index in [4.69, 9.17) is 0 Å². The lowest BCUT2D eigenvalue weighted by molar-refractivity contribution is 0.632. The molecule has 0 radical (unpaired) electrons. The van der Waals surface area contributed by atoms with Crippen molar-refractivity contribution in [2.24, 2.45) is 7.05 Å². The number of thiazole rings is 1. The van der Waals surface area contributed by atoms with Crippen LogP contribution in [0.2, 0.25) is 0 Å². The molecule has 0 aromatic carbocycles. The molecule has 1 fully saturated rings. The quantitative estimate of drug-likeness (QED) is 0.864. The Kier molecular flexibility index (Phi) is 2.49. The fourth-order valence-electron chi connectivity index (χ4n) is 2.06. The second-order valence-corrected chi connectivity index (χ2v) is 4.95. The summed E-state index contributed by atoms with van der Waals surface area (Å²) in [5.41, 5.74) is 1.17. The Labute approximate surface area is 98.4 Å². The lowest BCUT2D eigenvalue weighted by Gasteiger charge is -2.04. The van der Waals surface area contributed by atoms with E-state index in [1.54, 1.807) is 11.3 Å². The maximum absolute atomic E-state index is 4.67. The van der Waals surface area contributed by atoms with Gasteiger partial charge in [0.15, 0.2) is 10.8 Å². The van der Waals surface area contributed by atoms with Crippen LogP contribution < -0.4 is 5.32 Å². The fraction of sp³-hybridized carbons (Fsp3) is 0.455. The highest BCUT2D eigenvalue weighted by molar-refractivity contribution is 7.13. The van der Waals surface area contributed by atoms with Crippen LogP contribution in [-0.4, -0.2) is 21.1 Å². The van der Waals surface area contributed by atoms with Gasteiger partial charge in [-0.2, -0.15) is 0 Å². The highest BCUT2D eigenvalue weighted by Crippen LogP contribution is 2.28. The first-order chi connectivity index (χ1) is 7.84. The molecule has 2 aromatic heterocycles. The number of imidazole rings is 1. The first-order valence-electron chi connectivity index (χ1n) is 5.51. The van der Waals surface area contributed by atoms with E-state index in [-0.39, 0.29) is 0 Å². The zero-order valence-electron chi connectivity index (χ0n) is 9.18. The summed E-state index contributed by atoms with van der Waals surface area (Å²) in [6.45, 7) is 1.11. The van der Waals surface area contributed by atoms with Crippen LogP contribution in [0.1, 0.15) is 24.6 Å². The number of aryl methyl sites for hydroxylation is 1. The van der Waals surface area contributed by atoms with Crippen LogP contribution in [0.4, 0.5) is 0 Å². The summed E-state index contributed by atoms with van der Waals surface area (Å²) in [7, 11) is 2.00. The van der Waals surface area contributed by atoms with E-state index in [0.29, 0.717) is 6.04 Å². The predicted octanol–water partition coefficient (Wildman–Crippen LogP) is 1.97. The zero-order valence-corrected chi connectivity index (χ0v) is 10.00. The van der Waals surface area contributed by atoms with Gasteiger partial charge in [0.1, 0.15) is 0 Å². The molecule has 0 aliphatic carbocycles. The third kappa shape index (κ3) is 1.66. The standard InChI is InChI=1S/C11H14N4S/c1-15-6-5-13-10(15)11-14-9(7-16-11)8-3-2-4-12-8/h5-8,12H,2-4H2,1H3. The topological polar surface area (TPSA) is 42.7 Å². The monoisotopic (exact) mass is 234 g/mol. The number of rotatable bonds is 2. The van der Waals surface area contributed by atoms with Crippen LogP contribution in [0.25, 0.3) is 10.8 Å². The highest BCUT2D eigenvalue weighted by atomic mass is 32.1. The summed E-state index contributed by atoms with van der Waals surface area (Å²) in [5, 5.41) is 6.62. The van der Waals surface area contributed by atoms with Crippen molar-refractivity contribution in [3.8, 4) is 10.8 Å². The molecule has 0 amide bonds. The Balaban J connectivity index is 1.90. The molecule has 1 unspecified atom stereocenters. The lowest BCUT2D eigenvalue weighted by atomic mass is 10.2. The first kappa shape index (κ1) is 9.99. The highest BCUT2D eigenvalue weighted by Gasteiger charge is 2.19. The molecule has 5 heteroatoms. The number of aromatic nitrogens is 3. The number of hydrogen-bond donors (Lipinski definition) is 1. The van der Waals surface area contributed by atoms with E-state index in [9.17, 15) is 0 Å². The molecule has 4 nitrogen and oxygen atoms in total. The van der Waals surface area contributed by atoms with Crippen molar-refractivity contribution in [3.63, 3.8) is 0 Å². The van der Waals surface area contributed by atoms with E-state index in [0.717, 1.165) is 17.4 Å².